The van der Waals surface area contributed by atoms with Crippen LogP contribution in [0, 0.1) is 11.8 Å². The van der Waals surface area contributed by atoms with Crippen LogP contribution in [-0.4, -0.2) is 35.4 Å². The van der Waals surface area contributed by atoms with E-state index in [1.54, 1.807) is 75.4 Å². The third kappa shape index (κ3) is 9.27. The number of hydrogen-bond acceptors (Lipinski definition) is 6. The molecular formula is C26H32O8S2. The quantitative estimate of drug-likeness (QED) is 0.376. The minimum atomic E-state index is -4.26. The third-order valence-corrected chi connectivity index (χ3v) is 9.01. The van der Waals surface area contributed by atoms with Crippen molar-refractivity contribution in [1.29, 1.82) is 0 Å². The fourth-order valence-electron chi connectivity index (χ4n) is 2.84. The van der Waals surface area contributed by atoms with Gasteiger partial charge in [-0.05, 0) is 37.8 Å². The van der Waals surface area contributed by atoms with E-state index in [4.69, 9.17) is 0 Å². The van der Waals surface area contributed by atoms with E-state index in [0.717, 1.165) is 0 Å². The Kier molecular flexibility index (Phi) is 12.1. The zero-order chi connectivity index (χ0) is 27.3. The highest BCUT2D eigenvalue weighted by Gasteiger charge is 2.35. The first-order chi connectivity index (χ1) is 16.8. The number of hydrogen-bond donors (Lipinski definition) is 0. The molecule has 0 aromatic carbocycles. The van der Waals surface area contributed by atoms with Gasteiger partial charge in [-0.25, -0.2) is 25.7 Å². The van der Waals surface area contributed by atoms with Crippen molar-refractivity contribution in [3.05, 3.63) is 110 Å². The lowest BCUT2D eigenvalue weighted by Crippen LogP contribution is -2.39. The van der Waals surface area contributed by atoms with Gasteiger partial charge in [0.25, 0.3) is 0 Å². The summed E-state index contributed by atoms with van der Waals surface area (Å²) < 4.78 is 72.1. The lowest BCUT2D eigenvalue weighted by molar-refractivity contribution is 0.410. The second-order valence-corrected chi connectivity index (χ2v) is 11.9. The van der Waals surface area contributed by atoms with E-state index in [-0.39, 0.29) is 11.8 Å². The predicted molar refractivity (Wildman–Crippen MR) is 137 cm³/mol. The van der Waals surface area contributed by atoms with Gasteiger partial charge in [0.2, 0.25) is 0 Å². The van der Waals surface area contributed by atoms with E-state index in [1.807, 2.05) is 36.4 Å². The summed E-state index contributed by atoms with van der Waals surface area (Å²) in [5.74, 6) is -0.519. The van der Waals surface area contributed by atoms with Gasteiger partial charge in [0.15, 0.2) is 0 Å². The molecule has 10 heteroatoms. The van der Waals surface area contributed by atoms with Crippen molar-refractivity contribution in [3.8, 4) is 0 Å². The Bertz CT molecular complexity index is 1080. The summed E-state index contributed by atoms with van der Waals surface area (Å²) >= 11 is 0. The van der Waals surface area contributed by atoms with Crippen LogP contribution in [0.3, 0.4) is 0 Å². The third-order valence-electron chi connectivity index (χ3n) is 5.83. The van der Waals surface area contributed by atoms with E-state index in [9.17, 15) is 25.9 Å². The average molecular weight is 537 g/mol. The molecule has 0 saturated carbocycles. The summed E-state index contributed by atoms with van der Waals surface area (Å²) in [6, 6.07) is 11.1. The topological polar surface area (TPSA) is 137 Å². The van der Waals surface area contributed by atoms with E-state index < -0.39 is 29.7 Å². The van der Waals surface area contributed by atoms with E-state index in [2.05, 4.69) is 8.83 Å². The molecule has 196 valence electrons. The normalized spacial score (nSPS) is 26.3. The highest BCUT2D eigenvalue weighted by molar-refractivity contribution is 7.87. The summed E-state index contributed by atoms with van der Waals surface area (Å²) in [4.78, 5) is 0. The van der Waals surface area contributed by atoms with Gasteiger partial charge in [-0.15, -0.1) is 0 Å². The molecule has 0 amide bonds. The fraction of sp³-hybridized carbons (Fsp3) is 0.308. The maximum atomic E-state index is 10.9. The predicted octanol–water partition coefficient (Wildman–Crippen LogP) is 5.23. The van der Waals surface area contributed by atoms with Crippen LogP contribution < -0.4 is 0 Å². The van der Waals surface area contributed by atoms with Crippen LogP contribution in [0.25, 0.3) is 0 Å². The Balaban J connectivity index is 0.000000252. The Morgan fingerprint density at radius 3 is 1.03 bits per heavy atom. The molecule has 36 heavy (non-hydrogen) atoms. The molecule has 8 nitrogen and oxygen atoms in total. The summed E-state index contributed by atoms with van der Waals surface area (Å²) in [5, 5.41) is 0. The van der Waals surface area contributed by atoms with Crippen LogP contribution in [-0.2, 0) is 20.2 Å². The molecule has 4 rings (SSSR count). The van der Waals surface area contributed by atoms with Crippen molar-refractivity contribution in [2.24, 2.45) is 11.8 Å². The first kappa shape index (κ1) is 31.1. The van der Waals surface area contributed by atoms with Gasteiger partial charge in [-0.3, -0.25) is 0 Å². The van der Waals surface area contributed by atoms with Gasteiger partial charge in [-0.1, -0.05) is 62.5 Å². The molecule has 4 atom stereocenters. The van der Waals surface area contributed by atoms with Crippen LogP contribution >= 0.6 is 0 Å². The molecule has 2 aliphatic carbocycles. The first-order valence-corrected chi connectivity index (χ1v) is 13.8. The zero-order valence-electron chi connectivity index (χ0n) is 20.6. The van der Waals surface area contributed by atoms with Gasteiger partial charge in [0, 0.05) is 24.3 Å². The Hall–Kier alpha value is -2.92. The monoisotopic (exact) mass is 536 g/mol. The largest absolute Gasteiger partial charge is 0.747 e. The average Bonchev–Trinajstić information content (AvgIpc) is 2.85. The minimum absolute atomic E-state index is 0.259. The Labute approximate surface area is 213 Å². The van der Waals surface area contributed by atoms with Crippen molar-refractivity contribution >= 4 is 20.2 Å². The SMILES string of the molecule is CC1C=CC=CC1(C)S(=O)(=O)[O-].CC1C=CC=CC1(C)S(=O)(=O)[O-].c1cc[o+]cc1.c1cc[o+]cc1. The van der Waals surface area contributed by atoms with E-state index >= 15 is 0 Å². The molecule has 2 aromatic heterocycles. The van der Waals surface area contributed by atoms with Crippen LogP contribution in [0.4, 0.5) is 0 Å². The zero-order valence-corrected chi connectivity index (χ0v) is 22.3. The van der Waals surface area contributed by atoms with Gasteiger partial charge in [0.05, 0.1) is 9.49 Å². The second kappa shape index (κ2) is 14.0. The standard InChI is InChI=1S/2C8H12O3S.2C5H5O/c2*1-7-5-3-4-6-8(7,2)12(9,10)11;2*1-2-4-6-5-3-1/h2*3-7H,1-2H3,(H,9,10,11);2*1-5H/q;;2*+1/p-2. The second-order valence-electron chi connectivity index (χ2n) is 8.31. The Morgan fingerprint density at radius 1 is 0.583 bits per heavy atom. The van der Waals surface area contributed by atoms with E-state index in [0.29, 0.717) is 0 Å². The van der Waals surface area contributed by atoms with Crippen molar-refractivity contribution in [3.63, 3.8) is 0 Å². The van der Waals surface area contributed by atoms with Crippen LogP contribution in [0.5, 0.6) is 0 Å². The number of rotatable bonds is 2. The maximum Gasteiger partial charge on any atom is 0.317 e. The molecule has 0 saturated heterocycles. The van der Waals surface area contributed by atoms with Crippen molar-refractivity contribution in [2.75, 3.05) is 0 Å². The van der Waals surface area contributed by atoms with Gasteiger partial charge in [0.1, 0.15) is 20.2 Å². The molecule has 0 radical (unpaired) electrons. The molecule has 0 aliphatic heterocycles. The highest BCUT2D eigenvalue weighted by atomic mass is 32.2. The number of allylic oxidation sites excluding steroid dienone is 6. The van der Waals surface area contributed by atoms with Crippen LogP contribution in [0.2, 0.25) is 0 Å². The summed E-state index contributed by atoms with van der Waals surface area (Å²) in [7, 11) is -8.53. The molecule has 2 aromatic rings. The fourth-order valence-corrected chi connectivity index (χ4v) is 4.40. The molecule has 2 heterocycles. The molecule has 0 spiro atoms. The van der Waals surface area contributed by atoms with Crippen LogP contribution in [0.1, 0.15) is 27.7 Å². The molecule has 2 aliphatic rings. The Morgan fingerprint density at radius 2 is 0.889 bits per heavy atom. The van der Waals surface area contributed by atoms with Crippen molar-refractivity contribution < 1.29 is 34.8 Å². The summed E-state index contributed by atoms with van der Waals surface area (Å²) in [5.41, 5.74) is 0. The van der Waals surface area contributed by atoms with Gasteiger partial charge >= 0.3 is 25.1 Å². The van der Waals surface area contributed by atoms with Crippen molar-refractivity contribution in [1.82, 2.24) is 0 Å². The summed E-state index contributed by atoms with van der Waals surface area (Å²) in [6.45, 7) is 6.32. The molecular weight excluding hydrogens is 504 g/mol. The first-order valence-electron chi connectivity index (χ1n) is 11.0. The van der Waals surface area contributed by atoms with Crippen LogP contribution in [0.15, 0.2) is 119 Å². The van der Waals surface area contributed by atoms with Crippen molar-refractivity contribution in [2.45, 2.75) is 37.2 Å². The smallest absolute Gasteiger partial charge is 0.317 e. The maximum absolute atomic E-state index is 10.9. The lowest BCUT2D eigenvalue weighted by Gasteiger charge is -2.35. The van der Waals surface area contributed by atoms with Gasteiger partial charge in [-0.2, -0.15) is 0 Å². The molecule has 0 N–H and O–H groups in total. The molecule has 0 fully saturated rings. The molecule has 4 unspecified atom stereocenters. The van der Waals surface area contributed by atoms with Gasteiger partial charge < -0.3 is 9.11 Å². The minimum Gasteiger partial charge on any atom is -0.747 e. The van der Waals surface area contributed by atoms with E-state index in [1.165, 1.54) is 26.0 Å². The highest BCUT2D eigenvalue weighted by Crippen LogP contribution is 2.31. The molecule has 0 bridgehead atoms. The lowest BCUT2D eigenvalue weighted by atomic mass is 9.91. The summed E-state index contributed by atoms with van der Waals surface area (Å²) in [6.07, 6.45) is 19.5.